The van der Waals surface area contributed by atoms with Crippen molar-refractivity contribution < 1.29 is 14.3 Å². The van der Waals surface area contributed by atoms with Crippen LogP contribution in [0.2, 0.25) is 0 Å². The lowest BCUT2D eigenvalue weighted by molar-refractivity contribution is 0.0954. The number of fused-ring (bicyclic) bond motifs is 1. The van der Waals surface area contributed by atoms with Gasteiger partial charge in [-0.1, -0.05) is 36.0 Å². The van der Waals surface area contributed by atoms with Crippen molar-refractivity contribution >= 4 is 23.3 Å². The molecule has 5 heteroatoms. The number of rotatable bonds is 4. The van der Waals surface area contributed by atoms with E-state index in [1.54, 1.807) is 25.3 Å². The number of ether oxygens (including phenoxy) is 1. The zero-order chi connectivity index (χ0) is 18.1. The van der Waals surface area contributed by atoms with Crippen LogP contribution in [-0.2, 0) is 0 Å². The summed E-state index contributed by atoms with van der Waals surface area (Å²) < 4.78 is 5.20. The molecule has 2 aliphatic rings. The number of likely N-dealkylation sites (tertiary alicyclic amines) is 1. The Bertz CT molecular complexity index is 896. The van der Waals surface area contributed by atoms with E-state index in [0.29, 0.717) is 21.7 Å². The van der Waals surface area contributed by atoms with E-state index in [1.165, 1.54) is 11.8 Å². The van der Waals surface area contributed by atoms with Gasteiger partial charge in [-0.2, -0.15) is 0 Å². The van der Waals surface area contributed by atoms with Gasteiger partial charge in [-0.25, -0.2) is 0 Å². The molecule has 0 unspecified atom stereocenters. The van der Waals surface area contributed by atoms with E-state index in [0.717, 1.165) is 36.6 Å². The van der Waals surface area contributed by atoms with Crippen LogP contribution in [0, 0.1) is 0 Å². The molecule has 0 N–H and O–H groups in total. The second-order valence-electron chi connectivity index (χ2n) is 6.35. The third-order valence-corrected chi connectivity index (χ3v) is 5.85. The van der Waals surface area contributed by atoms with Crippen molar-refractivity contribution in [2.45, 2.75) is 17.7 Å². The molecule has 1 aliphatic carbocycles. The summed E-state index contributed by atoms with van der Waals surface area (Å²) in [6, 6.07) is 14.7. The smallest absolute Gasteiger partial charge is 0.211 e. The molecule has 0 atom stereocenters. The van der Waals surface area contributed by atoms with Gasteiger partial charge in [0.1, 0.15) is 11.4 Å². The van der Waals surface area contributed by atoms with Crippen LogP contribution in [0.5, 0.6) is 5.75 Å². The SMILES string of the molecule is COc1ccc(SC2=C(N3CCCC3)C(=O)c3ccccc3C2=O)cc1. The molecule has 1 aliphatic heterocycles. The summed E-state index contributed by atoms with van der Waals surface area (Å²) in [6.07, 6.45) is 2.10. The summed E-state index contributed by atoms with van der Waals surface area (Å²) >= 11 is 1.37. The van der Waals surface area contributed by atoms with Crippen molar-refractivity contribution in [3.8, 4) is 5.75 Å². The van der Waals surface area contributed by atoms with Gasteiger partial charge in [0, 0.05) is 29.1 Å². The first-order valence-electron chi connectivity index (χ1n) is 8.68. The fourth-order valence-electron chi connectivity index (χ4n) is 3.42. The van der Waals surface area contributed by atoms with Crippen molar-refractivity contribution in [1.82, 2.24) is 4.90 Å². The van der Waals surface area contributed by atoms with Crippen molar-refractivity contribution in [3.05, 3.63) is 70.3 Å². The van der Waals surface area contributed by atoms with Crippen molar-refractivity contribution in [2.24, 2.45) is 0 Å². The molecular weight excluding hydrogens is 346 g/mol. The Morgan fingerprint density at radius 2 is 1.50 bits per heavy atom. The minimum Gasteiger partial charge on any atom is -0.497 e. The summed E-state index contributed by atoms with van der Waals surface area (Å²) in [5.74, 6) is 0.653. The molecule has 2 aromatic carbocycles. The summed E-state index contributed by atoms with van der Waals surface area (Å²) in [7, 11) is 1.62. The quantitative estimate of drug-likeness (QED) is 0.814. The van der Waals surface area contributed by atoms with Gasteiger partial charge in [-0.05, 0) is 37.1 Å². The van der Waals surface area contributed by atoms with Crippen LogP contribution in [0.15, 0.2) is 64.0 Å². The van der Waals surface area contributed by atoms with Crippen LogP contribution in [0.25, 0.3) is 0 Å². The van der Waals surface area contributed by atoms with Crippen LogP contribution < -0.4 is 4.74 Å². The molecule has 1 fully saturated rings. The summed E-state index contributed by atoms with van der Waals surface area (Å²) in [6.45, 7) is 1.65. The Kier molecular flexibility index (Phi) is 4.55. The highest BCUT2D eigenvalue weighted by Crippen LogP contribution is 2.39. The lowest BCUT2D eigenvalue weighted by Gasteiger charge is -2.27. The maximum atomic E-state index is 13.2. The zero-order valence-electron chi connectivity index (χ0n) is 14.5. The summed E-state index contributed by atoms with van der Waals surface area (Å²) in [4.78, 5) is 29.9. The highest BCUT2D eigenvalue weighted by molar-refractivity contribution is 8.04. The van der Waals surface area contributed by atoms with Gasteiger partial charge >= 0.3 is 0 Å². The molecule has 26 heavy (non-hydrogen) atoms. The maximum absolute atomic E-state index is 13.2. The normalized spacial score (nSPS) is 16.9. The first-order chi connectivity index (χ1) is 12.7. The maximum Gasteiger partial charge on any atom is 0.211 e. The van der Waals surface area contributed by atoms with Gasteiger partial charge in [0.05, 0.1) is 12.0 Å². The molecule has 0 amide bonds. The lowest BCUT2D eigenvalue weighted by atomic mass is 9.92. The molecule has 4 rings (SSSR count). The molecule has 2 aromatic rings. The largest absolute Gasteiger partial charge is 0.497 e. The third-order valence-electron chi connectivity index (χ3n) is 4.75. The number of hydrogen-bond donors (Lipinski definition) is 0. The monoisotopic (exact) mass is 365 g/mol. The number of nitrogens with zero attached hydrogens (tertiary/aromatic N) is 1. The van der Waals surface area contributed by atoms with Gasteiger partial charge in [-0.3, -0.25) is 9.59 Å². The van der Waals surface area contributed by atoms with Crippen LogP contribution in [-0.4, -0.2) is 36.7 Å². The second-order valence-corrected chi connectivity index (χ2v) is 7.44. The molecule has 0 spiro atoms. The second kappa shape index (κ2) is 7.00. The van der Waals surface area contributed by atoms with Gasteiger partial charge in [0.15, 0.2) is 0 Å². The Labute approximate surface area is 156 Å². The van der Waals surface area contributed by atoms with Crippen LogP contribution in [0.1, 0.15) is 33.6 Å². The lowest BCUT2D eigenvalue weighted by Crippen LogP contribution is -2.31. The highest BCUT2D eigenvalue weighted by atomic mass is 32.2. The fraction of sp³-hybridized carbons (Fsp3) is 0.238. The van der Waals surface area contributed by atoms with E-state index < -0.39 is 0 Å². The Balaban J connectivity index is 1.78. The molecule has 1 heterocycles. The molecule has 4 nitrogen and oxygen atoms in total. The zero-order valence-corrected chi connectivity index (χ0v) is 15.3. The predicted octanol–water partition coefficient (Wildman–Crippen LogP) is 4.17. The minimum atomic E-state index is -0.0667. The number of carbonyl (C=O) groups excluding carboxylic acids is 2. The van der Waals surface area contributed by atoms with E-state index in [-0.39, 0.29) is 11.6 Å². The topological polar surface area (TPSA) is 46.6 Å². The molecule has 0 bridgehead atoms. The first kappa shape index (κ1) is 16.9. The van der Waals surface area contributed by atoms with Gasteiger partial charge in [0.25, 0.3) is 0 Å². The third kappa shape index (κ3) is 2.92. The Hall–Kier alpha value is -2.53. The van der Waals surface area contributed by atoms with Crippen LogP contribution in [0.3, 0.4) is 0 Å². The number of hydrogen-bond acceptors (Lipinski definition) is 5. The van der Waals surface area contributed by atoms with Gasteiger partial charge in [-0.15, -0.1) is 0 Å². The standard InChI is InChI=1S/C21H19NO3S/c1-25-14-8-10-15(11-9-14)26-21-18(22-12-4-5-13-22)19(23)16-6-2-3-7-17(16)20(21)24/h2-3,6-11H,4-5,12-13H2,1H3. The fourth-order valence-corrected chi connectivity index (χ4v) is 4.45. The average Bonchev–Trinajstić information content (AvgIpc) is 3.21. The van der Waals surface area contributed by atoms with E-state index >= 15 is 0 Å². The number of thioether (sulfide) groups is 1. The van der Waals surface area contributed by atoms with E-state index in [4.69, 9.17) is 4.74 Å². The van der Waals surface area contributed by atoms with Crippen molar-refractivity contribution in [1.29, 1.82) is 0 Å². The van der Waals surface area contributed by atoms with E-state index in [9.17, 15) is 9.59 Å². The van der Waals surface area contributed by atoms with Crippen molar-refractivity contribution in [2.75, 3.05) is 20.2 Å². The number of allylic oxidation sites excluding steroid dienone is 2. The highest BCUT2D eigenvalue weighted by Gasteiger charge is 2.36. The molecule has 132 valence electrons. The molecule has 1 saturated heterocycles. The van der Waals surface area contributed by atoms with Crippen molar-refractivity contribution in [3.63, 3.8) is 0 Å². The number of methoxy groups -OCH3 is 1. The molecule has 0 saturated carbocycles. The Morgan fingerprint density at radius 1 is 0.885 bits per heavy atom. The number of benzene rings is 2. The Morgan fingerprint density at radius 3 is 2.12 bits per heavy atom. The van der Waals surface area contributed by atoms with Crippen LogP contribution in [0.4, 0.5) is 0 Å². The average molecular weight is 365 g/mol. The summed E-state index contributed by atoms with van der Waals surface area (Å²) in [5, 5.41) is 0. The van der Waals surface area contributed by atoms with E-state index in [1.807, 2.05) is 30.3 Å². The molecule has 0 radical (unpaired) electrons. The number of ketones is 2. The molecular formula is C21H19NO3S. The van der Waals surface area contributed by atoms with E-state index in [2.05, 4.69) is 4.90 Å². The minimum absolute atomic E-state index is 0.0434. The first-order valence-corrected chi connectivity index (χ1v) is 9.50. The number of Topliss-reactive ketones (excluding diaryl/α,β-unsaturated/α-hetero) is 2. The van der Waals surface area contributed by atoms with Gasteiger partial charge in [0.2, 0.25) is 11.6 Å². The predicted molar refractivity (Wildman–Crippen MR) is 102 cm³/mol. The molecule has 0 aromatic heterocycles. The van der Waals surface area contributed by atoms with Gasteiger partial charge < -0.3 is 9.64 Å². The number of carbonyl (C=O) groups is 2. The van der Waals surface area contributed by atoms with Crippen LogP contribution >= 0.6 is 11.8 Å². The summed E-state index contributed by atoms with van der Waals surface area (Å²) in [5.41, 5.74) is 1.57.